The number of nitrogens with zero attached hydrogens (tertiary/aromatic N) is 1. The molecule has 0 atom stereocenters. The van der Waals surface area contributed by atoms with Crippen molar-refractivity contribution in [3.63, 3.8) is 0 Å². The molecule has 0 heterocycles. The number of anilines is 1. The monoisotopic (exact) mass is 341 g/mol. The predicted molar refractivity (Wildman–Crippen MR) is 102 cm³/mol. The third-order valence-electron chi connectivity index (χ3n) is 4.21. The average molecular weight is 341 g/mol. The standard InChI is InChI=1S/C20H24FN3O/c1-12-6-5-7-17(22)16(12)11-25-18-9-8-15(10-13(18)2)19(23)14(3)20(21)24-4/h5-10H,11,22-23H2,1-4H3. The lowest BCUT2D eigenvalue weighted by molar-refractivity contribution is 0.304. The molecule has 0 spiro atoms. The molecule has 0 radical (unpaired) electrons. The highest BCUT2D eigenvalue weighted by Gasteiger charge is 2.10. The maximum absolute atomic E-state index is 13.6. The summed E-state index contributed by atoms with van der Waals surface area (Å²) in [5, 5.41) is 0. The number of aryl methyl sites for hydroxylation is 2. The Morgan fingerprint density at radius 2 is 1.88 bits per heavy atom. The van der Waals surface area contributed by atoms with E-state index in [0.717, 1.165) is 28.0 Å². The Bertz CT molecular complexity index is 821. The summed E-state index contributed by atoms with van der Waals surface area (Å²) < 4.78 is 19.5. The SMILES string of the molecule is CN=C(F)C(C)=C(N)c1ccc(OCc2c(C)cccc2N)c(C)c1. The molecule has 2 aromatic rings. The predicted octanol–water partition coefficient (Wildman–Crippen LogP) is 4.15. The lowest BCUT2D eigenvalue weighted by Gasteiger charge is -2.14. The van der Waals surface area contributed by atoms with E-state index in [1.807, 2.05) is 50.2 Å². The zero-order chi connectivity index (χ0) is 18.6. The molecule has 0 bridgehead atoms. The smallest absolute Gasteiger partial charge is 0.213 e. The lowest BCUT2D eigenvalue weighted by Crippen LogP contribution is -2.06. The average Bonchev–Trinajstić information content (AvgIpc) is 2.60. The number of nitrogens with two attached hydrogens (primary N) is 2. The van der Waals surface area contributed by atoms with Gasteiger partial charge >= 0.3 is 0 Å². The summed E-state index contributed by atoms with van der Waals surface area (Å²) in [6, 6.07) is 11.3. The Kier molecular flexibility index (Phi) is 5.80. The number of benzene rings is 2. The second-order valence-electron chi connectivity index (χ2n) is 5.96. The van der Waals surface area contributed by atoms with Crippen LogP contribution in [0.15, 0.2) is 47.0 Å². The molecule has 0 aliphatic heterocycles. The Labute approximate surface area is 148 Å². The van der Waals surface area contributed by atoms with Gasteiger partial charge in [-0.2, -0.15) is 4.39 Å². The van der Waals surface area contributed by atoms with E-state index in [9.17, 15) is 4.39 Å². The molecule has 25 heavy (non-hydrogen) atoms. The molecule has 0 fully saturated rings. The summed E-state index contributed by atoms with van der Waals surface area (Å²) in [4.78, 5) is 3.53. The van der Waals surface area contributed by atoms with Gasteiger partial charge in [0.1, 0.15) is 12.4 Å². The van der Waals surface area contributed by atoms with Crippen molar-refractivity contribution in [1.29, 1.82) is 0 Å². The Balaban J connectivity index is 2.23. The van der Waals surface area contributed by atoms with Gasteiger partial charge in [-0.25, -0.2) is 0 Å². The van der Waals surface area contributed by atoms with Crippen LogP contribution in [-0.4, -0.2) is 13.0 Å². The third kappa shape index (κ3) is 4.18. The van der Waals surface area contributed by atoms with E-state index in [1.54, 1.807) is 6.92 Å². The number of nitrogen functional groups attached to an aromatic ring is 1. The van der Waals surface area contributed by atoms with Crippen LogP contribution in [0.5, 0.6) is 5.75 Å². The maximum Gasteiger partial charge on any atom is 0.213 e. The van der Waals surface area contributed by atoms with Gasteiger partial charge in [0, 0.05) is 29.6 Å². The summed E-state index contributed by atoms with van der Waals surface area (Å²) in [5.74, 6) is 0.173. The van der Waals surface area contributed by atoms with E-state index in [-0.39, 0.29) is 0 Å². The molecule has 0 aromatic heterocycles. The fourth-order valence-electron chi connectivity index (χ4n) is 2.55. The van der Waals surface area contributed by atoms with E-state index in [2.05, 4.69) is 4.99 Å². The Hall–Kier alpha value is -2.82. The van der Waals surface area contributed by atoms with Gasteiger partial charge in [0.15, 0.2) is 0 Å². The van der Waals surface area contributed by atoms with Crippen LogP contribution in [0, 0.1) is 13.8 Å². The first-order valence-corrected chi connectivity index (χ1v) is 8.02. The van der Waals surface area contributed by atoms with Crippen LogP contribution in [0.4, 0.5) is 10.1 Å². The first-order chi connectivity index (χ1) is 11.8. The topological polar surface area (TPSA) is 73.6 Å². The minimum atomic E-state index is -0.564. The van der Waals surface area contributed by atoms with E-state index in [1.165, 1.54) is 7.05 Å². The minimum Gasteiger partial charge on any atom is -0.489 e. The summed E-state index contributed by atoms with van der Waals surface area (Å²) in [6.07, 6.45) is 0. The molecule has 132 valence electrons. The lowest BCUT2D eigenvalue weighted by atomic mass is 10.0. The van der Waals surface area contributed by atoms with E-state index >= 15 is 0 Å². The van der Waals surface area contributed by atoms with Crippen molar-refractivity contribution < 1.29 is 9.13 Å². The highest BCUT2D eigenvalue weighted by molar-refractivity contribution is 5.99. The minimum absolute atomic E-state index is 0.322. The van der Waals surface area contributed by atoms with Crippen LogP contribution in [0.1, 0.15) is 29.2 Å². The summed E-state index contributed by atoms with van der Waals surface area (Å²) in [5.41, 5.74) is 17.2. The Morgan fingerprint density at radius 1 is 1.16 bits per heavy atom. The van der Waals surface area contributed by atoms with Gasteiger partial charge in [-0.3, -0.25) is 4.99 Å². The molecule has 2 aromatic carbocycles. The number of aliphatic imine (C=N–C) groups is 1. The molecule has 0 saturated carbocycles. The maximum atomic E-state index is 13.6. The number of allylic oxidation sites excluding steroid dienone is 1. The molecule has 0 aliphatic rings. The molecular formula is C20H24FN3O. The van der Waals surface area contributed by atoms with Crippen molar-refractivity contribution >= 4 is 17.3 Å². The first-order valence-electron chi connectivity index (χ1n) is 8.02. The van der Waals surface area contributed by atoms with Gasteiger partial charge in [-0.1, -0.05) is 12.1 Å². The van der Waals surface area contributed by atoms with Crippen molar-refractivity contribution in [3.8, 4) is 5.75 Å². The van der Waals surface area contributed by atoms with Gasteiger partial charge < -0.3 is 16.2 Å². The summed E-state index contributed by atoms with van der Waals surface area (Å²) >= 11 is 0. The van der Waals surface area contributed by atoms with Crippen LogP contribution < -0.4 is 16.2 Å². The fourth-order valence-corrected chi connectivity index (χ4v) is 2.55. The molecule has 0 unspecified atom stereocenters. The van der Waals surface area contributed by atoms with Gasteiger partial charge in [-0.15, -0.1) is 0 Å². The molecule has 0 aliphatic carbocycles. The fraction of sp³-hybridized carbons (Fsp3) is 0.250. The summed E-state index contributed by atoms with van der Waals surface area (Å²) in [6.45, 7) is 5.93. The zero-order valence-electron chi connectivity index (χ0n) is 15.1. The van der Waals surface area contributed by atoms with Crippen molar-refractivity contribution in [2.24, 2.45) is 10.7 Å². The number of hydrogen-bond acceptors (Lipinski definition) is 4. The van der Waals surface area contributed by atoms with Gasteiger partial charge in [0.2, 0.25) is 5.97 Å². The van der Waals surface area contributed by atoms with Gasteiger partial charge in [-0.05, 0) is 61.7 Å². The highest BCUT2D eigenvalue weighted by atomic mass is 19.1. The molecule has 5 heteroatoms. The second-order valence-corrected chi connectivity index (χ2v) is 5.96. The van der Waals surface area contributed by atoms with Gasteiger partial charge in [0.25, 0.3) is 0 Å². The third-order valence-corrected chi connectivity index (χ3v) is 4.21. The van der Waals surface area contributed by atoms with Crippen molar-refractivity contribution in [3.05, 3.63) is 64.2 Å². The van der Waals surface area contributed by atoms with Crippen LogP contribution in [0.2, 0.25) is 0 Å². The van der Waals surface area contributed by atoms with Crippen LogP contribution >= 0.6 is 0 Å². The molecular weight excluding hydrogens is 317 g/mol. The van der Waals surface area contributed by atoms with E-state index < -0.39 is 5.97 Å². The largest absolute Gasteiger partial charge is 0.489 e. The van der Waals surface area contributed by atoms with Crippen molar-refractivity contribution in [2.45, 2.75) is 27.4 Å². The number of hydrogen-bond donors (Lipinski definition) is 2. The quantitative estimate of drug-likeness (QED) is 0.634. The number of rotatable bonds is 5. The Morgan fingerprint density at radius 3 is 2.48 bits per heavy atom. The molecule has 4 N–H and O–H groups in total. The van der Waals surface area contributed by atoms with Crippen molar-refractivity contribution in [1.82, 2.24) is 0 Å². The van der Waals surface area contributed by atoms with Crippen LogP contribution in [-0.2, 0) is 6.61 Å². The molecule has 2 rings (SSSR count). The zero-order valence-corrected chi connectivity index (χ0v) is 15.1. The summed E-state index contributed by atoms with van der Waals surface area (Å²) in [7, 11) is 1.39. The molecule has 0 amide bonds. The number of halogens is 1. The van der Waals surface area contributed by atoms with Crippen LogP contribution in [0.3, 0.4) is 0 Å². The first kappa shape index (κ1) is 18.5. The van der Waals surface area contributed by atoms with Crippen LogP contribution in [0.25, 0.3) is 5.70 Å². The number of ether oxygens (including phenoxy) is 1. The van der Waals surface area contributed by atoms with E-state index in [4.69, 9.17) is 16.2 Å². The molecule has 4 nitrogen and oxygen atoms in total. The normalized spacial score (nSPS) is 12.8. The highest BCUT2D eigenvalue weighted by Crippen LogP contribution is 2.26. The molecule has 0 saturated heterocycles. The van der Waals surface area contributed by atoms with Gasteiger partial charge in [0.05, 0.1) is 0 Å². The van der Waals surface area contributed by atoms with Crippen molar-refractivity contribution in [2.75, 3.05) is 12.8 Å². The van der Waals surface area contributed by atoms with E-state index in [0.29, 0.717) is 23.6 Å². The second kappa shape index (κ2) is 7.83.